The summed E-state index contributed by atoms with van der Waals surface area (Å²) < 4.78 is 18.8. The Morgan fingerprint density at radius 2 is 1.73 bits per heavy atom. The summed E-state index contributed by atoms with van der Waals surface area (Å²) in [7, 11) is 0. The minimum Gasteiger partial charge on any atom is -0.460 e. The fourth-order valence-electron chi connectivity index (χ4n) is 3.93. The third-order valence-corrected chi connectivity index (χ3v) is 6.18. The molecule has 0 N–H and O–H groups in total. The highest BCUT2D eigenvalue weighted by Crippen LogP contribution is 2.49. The fourth-order valence-corrected chi connectivity index (χ4v) is 4.49. The van der Waals surface area contributed by atoms with Gasteiger partial charge in [0, 0.05) is 21.2 Å². The van der Waals surface area contributed by atoms with Gasteiger partial charge in [0.2, 0.25) is 6.29 Å². The van der Waals surface area contributed by atoms with Crippen molar-refractivity contribution in [3.63, 3.8) is 0 Å². The summed E-state index contributed by atoms with van der Waals surface area (Å²) >= 11 is 3.55. The maximum atomic E-state index is 12.9. The van der Waals surface area contributed by atoms with E-state index in [4.69, 9.17) is 14.2 Å². The van der Waals surface area contributed by atoms with Crippen LogP contribution in [0.1, 0.15) is 41.4 Å². The first kappa shape index (κ1) is 19.3. The van der Waals surface area contributed by atoms with Crippen molar-refractivity contribution in [3.05, 3.63) is 99.5 Å². The van der Waals surface area contributed by atoms with E-state index >= 15 is 0 Å². The summed E-state index contributed by atoms with van der Waals surface area (Å²) in [5.41, 5.74) is 3.26. The zero-order valence-electron chi connectivity index (χ0n) is 16.3. The molecule has 1 saturated carbocycles. The number of hydrogen-bond donors (Lipinski definition) is 0. The van der Waals surface area contributed by atoms with Gasteiger partial charge in [0.25, 0.3) is 0 Å². The molecule has 1 atom stereocenters. The van der Waals surface area contributed by atoms with Gasteiger partial charge in [0.05, 0.1) is 12.0 Å². The van der Waals surface area contributed by atoms with E-state index < -0.39 is 11.7 Å². The van der Waals surface area contributed by atoms with Crippen LogP contribution in [0.5, 0.6) is 5.75 Å². The lowest BCUT2D eigenvalue weighted by atomic mass is 9.96. The van der Waals surface area contributed by atoms with E-state index in [2.05, 4.69) is 15.9 Å². The van der Waals surface area contributed by atoms with Gasteiger partial charge in [0.1, 0.15) is 12.4 Å². The normalized spacial score (nSPS) is 18.8. The van der Waals surface area contributed by atoms with Crippen LogP contribution in [0.25, 0.3) is 0 Å². The highest BCUT2D eigenvalue weighted by atomic mass is 79.9. The molecule has 3 aromatic rings. The number of halogens is 1. The Balaban J connectivity index is 1.36. The van der Waals surface area contributed by atoms with E-state index in [9.17, 15) is 4.79 Å². The lowest BCUT2D eigenvalue weighted by Gasteiger charge is -2.28. The largest absolute Gasteiger partial charge is 0.460 e. The maximum Gasteiger partial charge on any atom is 0.316 e. The molecule has 1 aliphatic carbocycles. The SMILES string of the molecule is O=C(OCc1cc(Br)cc2c1OC(c1ccccc1)OC2)C1(c2ccccc2)CC1. The van der Waals surface area contributed by atoms with Gasteiger partial charge in [-0.15, -0.1) is 0 Å². The molecule has 152 valence electrons. The van der Waals surface area contributed by atoms with Crippen LogP contribution < -0.4 is 4.74 Å². The number of ether oxygens (including phenoxy) is 3. The van der Waals surface area contributed by atoms with Gasteiger partial charge in [-0.25, -0.2) is 0 Å². The smallest absolute Gasteiger partial charge is 0.316 e. The van der Waals surface area contributed by atoms with Crippen LogP contribution in [0, 0.1) is 0 Å². The van der Waals surface area contributed by atoms with Crippen LogP contribution in [0.15, 0.2) is 77.3 Å². The molecule has 1 fully saturated rings. The average Bonchev–Trinajstić information content (AvgIpc) is 3.60. The Morgan fingerprint density at radius 1 is 1.03 bits per heavy atom. The summed E-state index contributed by atoms with van der Waals surface area (Å²) in [4.78, 5) is 12.9. The molecular weight excluding hydrogens is 444 g/mol. The van der Waals surface area contributed by atoms with Crippen LogP contribution in [-0.2, 0) is 32.9 Å². The zero-order valence-corrected chi connectivity index (χ0v) is 17.9. The second kappa shape index (κ2) is 7.89. The Labute approximate surface area is 183 Å². The van der Waals surface area contributed by atoms with E-state index in [0.717, 1.165) is 45.3 Å². The van der Waals surface area contributed by atoms with E-state index in [0.29, 0.717) is 6.61 Å². The Hall–Kier alpha value is -2.63. The molecule has 0 bridgehead atoms. The molecule has 5 heteroatoms. The van der Waals surface area contributed by atoms with Crippen molar-refractivity contribution >= 4 is 21.9 Å². The summed E-state index contributed by atoms with van der Waals surface area (Å²) in [6, 6.07) is 23.6. The van der Waals surface area contributed by atoms with Crippen LogP contribution in [0.2, 0.25) is 0 Å². The first-order valence-corrected chi connectivity index (χ1v) is 10.8. The molecule has 5 rings (SSSR count). The Kier molecular flexibility index (Phi) is 5.09. The summed E-state index contributed by atoms with van der Waals surface area (Å²) in [6.45, 7) is 0.597. The van der Waals surface area contributed by atoms with E-state index in [1.54, 1.807) is 0 Å². The van der Waals surface area contributed by atoms with Gasteiger partial charge >= 0.3 is 5.97 Å². The number of carbonyl (C=O) groups is 1. The molecule has 30 heavy (non-hydrogen) atoms. The number of carbonyl (C=O) groups excluding carboxylic acids is 1. The molecule has 3 aromatic carbocycles. The third kappa shape index (κ3) is 3.64. The van der Waals surface area contributed by atoms with Crippen molar-refractivity contribution in [1.82, 2.24) is 0 Å². The summed E-state index contributed by atoms with van der Waals surface area (Å²) in [6.07, 6.45) is 1.17. The van der Waals surface area contributed by atoms with Gasteiger partial charge in [-0.2, -0.15) is 0 Å². The minimum absolute atomic E-state index is 0.163. The predicted molar refractivity (Wildman–Crippen MR) is 116 cm³/mol. The lowest BCUT2D eigenvalue weighted by Crippen LogP contribution is -2.24. The average molecular weight is 465 g/mol. The van der Waals surface area contributed by atoms with Gasteiger partial charge in [-0.05, 0) is 30.5 Å². The van der Waals surface area contributed by atoms with Crippen molar-refractivity contribution in [2.24, 2.45) is 0 Å². The molecule has 0 aromatic heterocycles. The van der Waals surface area contributed by atoms with Crippen LogP contribution >= 0.6 is 15.9 Å². The molecule has 0 saturated heterocycles. The maximum absolute atomic E-state index is 12.9. The fraction of sp³-hybridized carbons (Fsp3) is 0.240. The van der Waals surface area contributed by atoms with Gasteiger partial charge in [-0.3, -0.25) is 4.79 Å². The molecule has 4 nitrogen and oxygen atoms in total. The van der Waals surface area contributed by atoms with Gasteiger partial charge in [0.15, 0.2) is 0 Å². The number of hydrogen-bond acceptors (Lipinski definition) is 4. The first-order valence-electron chi connectivity index (χ1n) is 10.0. The van der Waals surface area contributed by atoms with E-state index in [1.165, 1.54) is 0 Å². The van der Waals surface area contributed by atoms with Crippen molar-refractivity contribution < 1.29 is 19.0 Å². The molecule has 0 radical (unpaired) electrons. The quantitative estimate of drug-likeness (QED) is 0.445. The number of rotatable bonds is 5. The molecular formula is C25H21BrO4. The Morgan fingerprint density at radius 3 is 2.43 bits per heavy atom. The molecule has 1 unspecified atom stereocenters. The summed E-state index contributed by atoms with van der Waals surface area (Å²) in [5.74, 6) is 0.560. The standard InChI is InChI=1S/C25H21BrO4/c26-21-13-18-15-28-23(17-7-3-1-4-8-17)30-22(18)19(14-21)16-29-24(27)25(11-12-25)20-9-5-2-6-10-20/h1-10,13-14,23H,11-12,15-16H2. The van der Waals surface area contributed by atoms with E-state index in [-0.39, 0.29) is 12.6 Å². The highest BCUT2D eigenvalue weighted by Gasteiger charge is 2.52. The van der Waals surface area contributed by atoms with Crippen LogP contribution in [0.3, 0.4) is 0 Å². The number of esters is 1. The van der Waals surface area contributed by atoms with Crippen LogP contribution in [0.4, 0.5) is 0 Å². The molecule has 1 aliphatic heterocycles. The van der Waals surface area contributed by atoms with Crippen molar-refractivity contribution in [2.45, 2.75) is 37.8 Å². The van der Waals surface area contributed by atoms with Crippen molar-refractivity contribution in [3.8, 4) is 5.75 Å². The minimum atomic E-state index is -0.496. The second-order valence-corrected chi connectivity index (χ2v) is 8.66. The first-order chi connectivity index (χ1) is 14.7. The molecule has 0 amide bonds. The highest BCUT2D eigenvalue weighted by molar-refractivity contribution is 9.10. The zero-order chi connectivity index (χ0) is 20.6. The van der Waals surface area contributed by atoms with Crippen molar-refractivity contribution in [1.29, 1.82) is 0 Å². The van der Waals surface area contributed by atoms with Crippen LogP contribution in [-0.4, -0.2) is 5.97 Å². The molecule has 1 heterocycles. The number of fused-ring (bicyclic) bond motifs is 1. The predicted octanol–water partition coefficient (Wildman–Crippen LogP) is 5.83. The molecule has 2 aliphatic rings. The molecule has 0 spiro atoms. The monoisotopic (exact) mass is 464 g/mol. The van der Waals surface area contributed by atoms with E-state index in [1.807, 2.05) is 72.8 Å². The third-order valence-electron chi connectivity index (χ3n) is 5.72. The lowest BCUT2D eigenvalue weighted by molar-refractivity contribution is -0.148. The van der Waals surface area contributed by atoms with Crippen molar-refractivity contribution in [2.75, 3.05) is 0 Å². The Bertz CT molecular complexity index is 1060. The van der Waals surface area contributed by atoms with Gasteiger partial charge in [-0.1, -0.05) is 76.6 Å². The van der Waals surface area contributed by atoms with Gasteiger partial charge < -0.3 is 14.2 Å². The second-order valence-electron chi connectivity index (χ2n) is 7.75. The number of benzene rings is 3. The topological polar surface area (TPSA) is 44.8 Å². The summed E-state index contributed by atoms with van der Waals surface area (Å²) in [5, 5.41) is 0.